The van der Waals surface area contributed by atoms with E-state index >= 15 is 0 Å². The maximum Gasteiger partial charge on any atom is 0.261 e. The Morgan fingerprint density at radius 1 is 1.07 bits per heavy atom. The van der Waals surface area contributed by atoms with Crippen molar-refractivity contribution >= 4 is 24.6 Å². The van der Waals surface area contributed by atoms with Gasteiger partial charge in [0.15, 0.2) is 6.29 Å². The van der Waals surface area contributed by atoms with Gasteiger partial charge in [0.2, 0.25) is 5.91 Å². The number of rotatable bonds is 10. The van der Waals surface area contributed by atoms with Gasteiger partial charge in [-0.25, -0.2) is 0 Å². The zero-order valence-corrected chi connectivity index (χ0v) is 25.8. The highest BCUT2D eigenvalue weighted by Crippen LogP contribution is 2.39. The summed E-state index contributed by atoms with van der Waals surface area (Å²) in [5.74, 6) is 0.0952. The molecule has 2 fully saturated rings. The summed E-state index contributed by atoms with van der Waals surface area (Å²) in [5, 5.41) is 13.4. The van der Waals surface area contributed by atoms with Crippen molar-refractivity contribution in [3.05, 3.63) is 72.8 Å². The first-order valence-corrected chi connectivity index (χ1v) is 16.8. The Bertz CT molecular complexity index is 1060. The molecule has 40 heavy (non-hydrogen) atoms. The zero-order chi connectivity index (χ0) is 28.8. The molecule has 0 radical (unpaired) electrons. The molecule has 1 amide bonds. The number of likely N-dealkylation sites (tertiary alicyclic amines) is 1. The van der Waals surface area contributed by atoms with E-state index in [9.17, 15) is 9.90 Å². The number of allylic oxidation sites excluding steroid dienone is 1. The summed E-state index contributed by atoms with van der Waals surface area (Å²) in [4.78, 5) is 14.1. The Morgan fingerprint density at radius 2 is 1.65 bits per heavy atom. The van der Waals surface area contributed by atoms with Gasteiger partial charge in [-0.2, -0.15) is 0 Å². The average Bonchev–Trinajstić information content (AvgIpc) is 3.48. The van der Waals surface area contributed by atoms with Gasteiger partial charge < -0.3 is 23.9 Å². The molecule has 2 aliphatic heterocycles. The summed E-state index contributed by atoms with van der Waals surface area (Å²) in [6, 6.07) is 21.1. The second-order valence-electron chi connectivity index (χ2n) is 12.3. The number of carbonyl (C=O) groups excluding carboxylic acids is 1. The van der Waals surface area contributed by atoms with Gasteiger partial charge in [-0.3, -0.25) is 4.79 Å². The summed E-state index contributed by atoms with van der Waals surface area (Å²) < 4.78 is 19.7. The van der Waals surface area contributed by atoms with Gasteiger partial charge >= 0.3 is 0 Å². The van der Waals surface area contributed by atoms with Gasteiger partial charge in [0, 0.05) is 19.5 Å². The number of hydrogen-bond acceptors (Lipinski definition) is 5. The molecule has 0 bridgehead atoms. The summed E-state index contributed by atoms with van der Waals surface area (Å²) >= 11 is 0. The average molecular weight is 566 g/mol. The lowest BCUT2D eigenvalue weighted by Gasteiger charge is -2.48. The van der Waals surface area contributed by atoms with Gasteiger partial charge in [0.05, 0.1) is 18.3 Å². The van der Waals surface area contributed by atoms with Crippen molar-refractivity contribution in [2.75, 3.05) is 13.1 Å². The molecule has 1 N–H and O–H groups in total. The normalized spacial score (nSPS) is 24.9. The fourth-order valence-electron chi connectivity index (χ4n) is 5.97. The van der Waals surface area contributed by atoms with Crippen LogP contribution in [-0.4, -0.2) is 68.0 Å². The van der Waals surface area contributed by atoms with E-state index in [1.165, 1.54) is 10.4 Å². The summed E-state index contributed by atoms with van der Waals surface area (Å²) in [7, 11) is -2.77. The van der Waals surface area contributed by atoms with Crippen LogP contribution < -0.4 is 10.4 Å². The van der Waals surface area contributed by atoms with Crippen LogP contribution in [0.4, 0.5) is 0 Å². The molecule has 1 unspecified atom stereocenters. The molecule has 2 aromatic rings. The monoisotopic (exact) mass is 565 g/mol. The van der Waals surface area contributed by atoms with Crippen LogP contribution in [0.5, 0.6) is 0 Å². The van der Waals surface area contributed by atoms with E-state index in [2.05, 4.69) is 69.3 Å². The third kappa shape index (κ3) is 7.12. The van der Waals surface area contributed by atoms with Crippen LogP contribution in [0.15, 0.2) is 72.8 Å². The van der Waals surface area contributed by atoms with Crippen LogP contribution in [0.25, 0.3) is 0 Å². The third-order valence-electron chi connectivity index (χ3n) is 8.19. The first-order valence-electron chi connectivity index (χ1n) is 14.8. The molecular formula is C33H47NO5Si. The molecule has 2 heterocycles. The zero-order valence-electron chi connectivity index (χ0n) is 24.8. The number of carbonyl (C=O) groups is 1. The van der Waals surface area contributed by atoms with Crippen molar-refractivity contribution in [3.63, 3.8) is 0 Å². The topological polar surface area (TPSA) is 68.2 Å². The highest BCUT2D eigenvalue weighted by Gasteiger charge is 2.53. The van der Waals surface area contributed by atoms with E-state index in [1.54, 1.807) is 6.08 Å². The molecule has 6 nitrogen and oxygen atoms in total. The highest BCUT2D eigenvalue weighted by molar-refractivity contribution is 6.99. The molecule has 0 aromatic heterocycles. The van der Waals surface area contributed by atoms with Crippen molar-refractivity contribution in [1.82, 2.24) is 4.90 Å². The Hall–Kier alpha value is -2.29. The smallest absolute Gasteiger partial charge is 0.261 e. The number of hydrogen-bond donors (Lipinski definition) is 1. The van der Waals surface area contributed by atoms with Crippen LogP contribution in [0.3, 0.4) is 0 Å². The van der Waals surface area contributed by atoms with Crippen LogP contribution >= 0.6 is 0 Å². The fourth-order valence-corrected chi connectivity index (χ4v) is 10.7. The van der Waals surface area contributed by atoms with Gasteiger partial charge in [-0.1, -0.05) is 87.5 Å². The standard InChI is InChI=1S/C33H47NO5Si/c1-25(16-12-13-21-31(36)34-22-14-15-23-34)37-32-29(35)24-30(26(2)38-32)39-40(33(3,4)5,27-17-8-6-9-18-27)28-19-10-7-11-20-28/h6-11,13,17-21,25-26,29-30,32,35H,12,14-16,22-24H2,1-5H3/t25?,26-,29+,30+,32+/m0/s1. The van der Waals surface area contributed by atoms with E-state index < -0.39 is 20.7 Å². The fraction of sp³-hybridized carbons (Fsp3) is 0.545. The Labute approximate surface area is 241 Å². The molecule has 0 aliphatic carbocycles. The molecule has 2 saturated heterocycles. The number of nitrogens with zero attached hydrogens (tertiary/aromatic N) is 1. The molecule has 4 rings (SSSR count). The predicted octanol–water partition coefficient (Wildman–Crippen LogP) is 4.79. The Balaban J connectivity index is 1.41. The highest BCUT2D eigenvalue weighted by atomic mass is 28.4. The lowest BCUT2D eigenvalue weighted by molar-refractivity contribution is -0.271. The number of benzene rings is 2. The molecular weight excluding hydrogens is 518 g/mol. The minimum atomic E-state index is -2.77. The van der Waals surface area contributed by atoms with E-state index in [1.807, 2.05) is 37.0 Å². The Morgan fingerprint density at radius 3 is 2.20 bits per heavy atom. The van der Waals surface area contributed by atoms with E-state index in [-0.39, 0.29) is 29.3 Å². The molecule has 7 heteroatoms. The summed E-state index contributed by atoms with van der Waals surface area (Å²) in [6.45, 7) is 12.5. The SMILES string of the molecule is CC(CCC=CC(=O)N1CCCC1)O[C@@H]1O[C@@H](C)[C@H](O[Si](c2ccccc2)(c2ccccc2)C(C)(C)C)C[C@H]1O. The largest absolute Gasteiger partial charge is 0.402 e. The van der Waals surface area contributed by atoms with Crippen molar-refractivity contribution in [2.45, 2.75) is 102 Å². The molecule has 0 saturated carbocycles. The van der Waals surface area contributed by atoms with Gasteiger partial charge in [-0.15, -0.1) is 0 Å². The van der Waals surface area contributed by atoms with Crippen molar-refractivity contribution in [2.24, 2.45) is 0 Å². The lowest BCUT2D eigenvalue weighted by atomic mass is 10.0. The number of amides is 1. The molecule has 2 aliphatic rings. The minimum Gasteiger partial charge on any atom is -0.402 e. The first kappa shape index (κ1) is 30.7. The predicted molar refractivity (Wildman–Crippen MR) is 162 cm³/mol. The van der Waals surface area contributed by atoms with Crippen LogP contribution in [0.2, 0.25) is 5.04 Å². The van der Waals surface area contributed by atoms with E-state index in [0.29, 0.717) is 6.42 Å². The second kappa shape index (κ2) is 13.6. The molecule has 2 aromatic carbocycles. The summed E-state index contributed by atoms with van der Waals surface area (Å²) in [5.41, 5.74) is 0. The molecule has 5 atom stereocenters. The second-order valence-corrected chi connectivity index (χ2v) is 16.5. The van der Waals surface area contributed by atoms with Crippen molar-refractivity contribution in [1.29, 1.82) is 0 Å². The maximum atomic E-state index is 12.2. The van der Waals surface area contributed by atoms with Gasteiger partial charge in [0.1, 0.15) is 6.10 Å². The van der Waals surface area contributed by atoms with Crippen LogP contribution in [-0.2, 0) is 18.7 Å². The van der Waals surface area contributed by atoms with Crippen LogP contribution in [0.1, 0.15) is 66.7 Å². The summed E-state index contributed by atoms with van der Waals surface area (Å²) in [6.07, 6.45) is 5.55. The molecule has 0 spiro atoms. The number of aliphatic hydroxyl groups is 1. The third-order valence-corrected chi connectivity index (χ3v) is 13.3. The quantitative estimate of drug-likeness (QED) is 0.331. The van der Waals surface area contributed by atoms with Crippen molar-refractivity contribution in [3.8, 4) is 0 Å². The van der Waals surface area contributed by atoms with Crippen molar-refractivity contribution < 1.29 is 23.8 Å². The number of aliphatic hydroxyl groups excluding tert-OH is 1. The van der Waals surface area contributed by atoms with Gasteiger partial charge in [-0.05, 0) is 61.0 Å². The van der Waals surface area contributed by atoms with Gasteiger partial charge in [0.25, 0.3) is 8.32 Å². The first-order chi connectivity index (χ1) is 19.1. The maximum absolute atomic E-state index is 12.2. The lowest BCUT2D eigenvalue weighted by Crippen LogP contribution is -2.69. The minimum absolute atomic E-state index is 0.0952. The van der Waals surface area contributed by atoms with Crippen LogP contribution in [0, 0.1) is 0 Å². The van der Waals surface area contributed by atoms with E-state index in [0.717, 1.165) is 38.8 Å². The number of ether oxygens (including phenoxy) is 2. The molecule has 218 valence electrons. The van der Waals surface area contributed by atoms with E-state index in [4.69, 9.17) is 13.9 Å². The Kier molecular flexibility index (Phi) is 10.4.